The summed E-state index contributed by atoms with van der Waals surface area (Å²) in [5.74, 6) is -0.188. The summed E-state index contributed by atoms with van der Waals surface area (Å²) in [6.45, 7) is 6.83. The van der Waals surface area contributed by atoms with Crippen LogP contribution in [0.5, 0.6) is 0 Å². The molecular weight excluding hydrogens is 459 g/mol. The molecule has 1 aliphatic heterocycles. The highest BCUT2D eigenvalue weighted by molar-refractivity contribution is 5.46. The summed E-state index contributed by atoms with van der Waals surface area (Å²) in [7, 11) is 0. The van der Waals surface area contributed by atoms with Crippen LogP contribution in [-0.4, -0.2) is 41.0 Å². The molecule has 0 spiro atoms. The van der Waals surface area contributed by atoms with Gasteiger partial charge in [0.15, 0.2) is 0 Å². The topological polar surface area (TPSA) is 22.6 Å². The van der Waals surface area contributed by atoms with E-state index in [4.69, 9.17) is 4.98 Å². The van der Waals surface area contributed by atoms with E-state index in [0.29, 0.717) is 0 Å². The highest BCUT2D eigenvalue weighted by atomic mass is 19.1. The average molecular weight is 495 g/mol. The smallest absolute Gasteiger partial charge is 0.125 e. The zero-order chi connectivity index (χ0) is 25.3. The predicted octanol–water partition coefficient (Wildman–Crippen LogP) is 6.14. The van der Waals surface area contributed by atoms with Crippen molar-refractivity contribution in [3.8, 4) is 0 Å². The number of nitrogens with zero attached hydrogens (tertiary/aromatic N) is 4. The minimum Gasteiger partial charge on any atom is -0.370 e. The maximum Gasteiger partial charge on any atom is 0.125 e. The number of fused-ring (bicyclic) bond motifs is 2. The molecule has 0 N–H and O–H groups in total. The molecule has 0 saturated heterocycles. The van der Waals surface area contributed by atoms with Gasteiger partial charge in [0.1, 0.15) is 5.82 Å². The van der Waals surface area contributed by atoms with E-state index in [-0.39, 0.29) is 5.82 Å². The lowest BCUT2D eigenvalue weighted by Gasteiger charge is -2.30. The molecule has 0 unspecified atom stereocenters. The van der Waals surface area contributed by atoms with Gasteiger partial charge in [-0.25, -0.2) is 4.39 Å². The van der Waals surface area contributed by atoms with Crippen LogP contribution in [0.25, 0.3) is 0 Å². The Balaban J connectivity index is 1.42. The second-order valence-corrected chi connectivity index (χ2v) is 9.83. The molecule has 5 rings (SSSR count). The SMILES string of the molecule is Fc1cccc(N2CCCN(Cc3ccccc3)Cc3cccc(n3)CN(Cc3ccccc3)CC2)c1. The lowest BCUT2D eigenvalue weighted by molar-refractivity contribution is 0.251. The minimum atomic E-state index is -0.188. The number of rotatable bonds is 5. The molecule has 4 nitrogen and oxygen atoms in total. The molecule has 3 aromatic carbocycles. The van der Waals surface area contributed by atoms with E-state index in [1.165, 1.54) is 17.2 Å². The Kier molecular flexibility index (Phi) is 8.57. The molecule has 0 saturated carbocycles. The van der Waals surface area contributed by atoms with Crippen molar-refractivity contribution in [2.45, 2.75) is 32.6 Å². The van der Waals surface area contributed by atoms with Crippen molar-refractivity contribution in [2.75, 3.05) is 31.1 Å². The summed E-state index contributed by atoms with van der Waals surface area (Å²) in [4.78, 5) is 12.3. The maximum absolute atomic E-state index is 14.2. The van der Waals surface area contributed by atoms with Gasteiger partial charge in [-0.2, -0.15) is 0 Å². The fraction of sp³-hybridized carbons (Fsp3) is 0.281. The van der Waals surface area contributed by atoms with Gasteiger partial charge in [0.25, 0.3) is 0 Å². The van der Waals surface area contributed by atoms with Crippen molar-refractivity contribution in [2.24, 2.45) is 0 Å². The summed E-state index contributed by atoms with van der Waals surface area (Å²) in [6.07, 6.45) is 0.988. The van der Waals surface area contributed by atoms with E-state index >= 15 is 0 Å². The average Bonchev–Trinajstić information content (AvgIpc) is 2.92. The Hall–Kier alpha value is -3.54. The summed E-state index contributed by atoms with van der Waals surface area (Å²) < 4.78 is 14.2. The third-order valence-electron chi connectivity index (χ3n) is 6.90. The minimum absolute atomic E-state index is 0.188. The molecule has 190 valence electrons. The van der Waals surface area contributed by atoms with E-state index in [9.17, 15) is 4.39 Å². The van der Waals surface area contributed by atoms with Crippen LogP contribution in [0.3, 0.4) is 0 Å². The Morgan fingerprint density at radius 3 is 1.81 bits per heavy atom. The van der Waals surface area contributed by atoms with Crippen molar-refractivity contribution < 1.29 is 4.39 Å². The number of anilines is 1. The van der Waals surface area contributed by atoms with Crippen molar-refractivity contribution in [1.29, 1.82) is 0 Å². The summed E-state index contributed by atoms with van der Waals surface area (Å²) in [6, 6.07) is 34.6. The number of hydrogen-bond acceptors (Lipinski definition) is 4. The second-order valence-electron chi connectivity index (χ2n) is 9.83. The van der Waals surface area contributed by atoms with Gasteiger partial charge in [-0.15, -0.1) is 0 Å². The number of hydrogen-bond donors (Lipinski definition) is 0. The van der Waals surface area contributed by atoms with Crippen molar-refractivity contribution >= 4 is 5.69 Å². The van der Waals surface area contributed by atoms with Crippen LogP contribution >= 0.6 is 0 Å². The molecular formula is C32H35FN4. The van der Waals surface area contributed by atoms with E-state index in [2.05, 4.69) is 93.6 Å². The molecule has 2 heterocycles. The molecule has 1 aromatic heterocycles. The predicted molar refractivity (Wildman–Crippen MR) is 149 cm³/mol. The van der Waals surface area contributed by atoms with Gasteiger partial charge in [-0.1, -0.05) is 72.8 Å². The number of aromatic nitrogens is 1. The Morgan fingerprint density at radius 2 is 1.19 bits per heavy atom. The van der Waals surface area contributed by atoms with Crippen LogP contribution in [0.15, 0.2) is 103 Å². The van der Waals surface area contributed by atoms with Gasteiger partial charge in [-0.05, 0) is 47.9 Å². The van der Waals surface area contributed by atoms with Crippen LogP contribution in [0.1, 0.15) is 28.9 Å². The van der Waals surface area contributed by atoms with Gasteiger partial charge in [0.05, 0.1) is 11.4 Å². The zero-order valence-electron chi connectivity index (χ0n) is 21.3. The first-order valence-electron chi connectivity index (χ1n) is 13.2. The number of pyridine rings is 1. The van der Waals surface area contributed by atoms with Gasteiger partial charge in [0, 0.05) is 58.0 Å². The second kappa shape index (κ2) is 12.6. The van der Waals surface area contributed by atoms with Crippen molar-refractivity contribution in [3.05, 3.63) is 131 Å². The molecule has 37 heavy (non-hydrogen) atoms. The highest BCUT2D eigenvalue weighted by Crippen LogP contribution is 2.19. The van der Waals surface area contributed by atoms with Crippen LogP contribution in [0, 0.1) is 5.82 Å². The Bertz CT molecular complexity index is 1250. The molecule has 4 aromatic rings. The molecule has 2 bridgehead atoms. The first kappa shape index (κ1) is 25.1. The normalized spacial score (nSPS) is 16.0. The molecule has 0 aliphatic carbocycles. The Morgan fingerprint density at radius 1 is 0.595 bits per heavy atom. The van der Waals surface area contributed by atoms with Gasteiger partial charge in [0.2, 0.25) is 0 Å². The standard InChI is InChI=1S/C32H35FN4/c33-29-14-7-17-32(22-29)37-19-9-18-35(23-27-10-3-1-4-11-27)25-30-15-8-16-31(34-30)26-36(20-21-37)24-28-12-5-2-6-13-28/h1-8,10-17,22H,9,18-21,23-26H2. The lowest BCUT2D eigenvalue weighted by atomic mass is 10.2. The fourth-order valence-electron chi connectivity index (χ4n) is 5.06. The van der Waals surface area contributed by atoms with Crippen LogP contribution < -0.4 is 4.90 Å². The molecule has 0 amide bonds. The van der Waals surface area contributed by atoms with Crippen LogP contribution in [0.4, 0.5) is 10.1 Å². The highest BCUT2D eigenvalue weighted by Gasteiger charge is 2.16. The van der Waals surface area contributed by atoms with Crippen molar-refractivity contribution in [1.82, 2.24) is 14.8 Å². The van der Waals surface area contributed by atoms with E-state index < -0.39 is 0 Å². The van der Waals surface area contributed by atoms with E-state index in [1.54, 1.807) is 6.07 Å². The summed E-state index contributed by atoms with van der Waals surface area (Å²) >= 11 is 0. The number of halogens is 1. The quantitative estimate of drug-likeness (QED) is 0.333. The van der Waals surface area contributed by atoms with Crippen LogP contribution in [0.2, 0.25) is 0 Å². The van der Waals surface area contributed by atoms with Crippen molar-refractivity contribution in [3.63, 3.8) is 0 Å². The molecule has 0 atom stereocenters. The summed E-state index contributed by atoms with van der Waals surface area (Å²) in [5, 5.41) is 0. The maximum atomic E-state index is 14.2. The monoisotopic (exact) mass is 494 g/mol. The van der Waals surface area contributed by atoms with Gasteiger partial charge < -0.3 is 4.90 Å². The fourth-order valence-corrected chi connectivity index (χ4v) is 5.06. The molecule has 0 fully saturated rings. The summed E-state index contributed by atoms with van der Waals surface area (Å²) in [5.41, 5.74) is 5.73. The third-order valence-corrected chi connectivity index (χ3v) is 6.90. The van der Waals surface area contributed by atoms with Gasteiger partial charge in [-0.3, -0.25) is 14.8 Å². The first-order valence-corrected chi connectivity index (χ1v) is 13.2. The first-order chi connectivity index (χ1) is 18.2. The molecule has 5 heteroatoms. The molecule has 0 radical (unpaired) electrons. The van der Waals surface area contributed by atoms with E-state index in [1.807, 2.05) is 12.1 Å². The van der Waals surface area contributed by atoms with Crippen LogP contribution in [-0.2, 0) is 26.2 Å². The lowest BCUT2D eigenvalue weighted by Crippen LogP contribution is -2.36. The van der Waals surface area contributed by atoms with Gasteiger partial charge >= 0.3 is 0 Å². The Labute approximate surface area is 220 Å². The molecule has 1 aliphatic rings. The number of benzene rings is 3. The third kappa shape index (κ3) is 7.48. The largest absolute Gasteiger partial charge is 0.370 e. The zero-order valence-corrected chi connectivity index (χ0v) is 21.3. The van der Waals surface area contributed by atoms with E-state index in [0.717, 1.165) is 75.9 Å².